The van der Waals surface area contributed by atoms with Gasteiger partial charge in [0.05, 0.1) is 12.1 Å². The van der Waals surface area contributed by atoms with Crippen molar-refractivity contribution in [3.05, 3.63) is 34.2 Å². The molecule has 22 heavy (non-hydrogen) atoms. The number of H-pyrrole nitrogens is 1. The molecule has 0 bridgehead atoms. The van der Waals surface area contributed by atoms with E-state index in [2.05, 4.69) is 15.2 Å². The summed E-state index contributed by atoms with van der Waals surface area (Å²) in [7, 11) is 1.83. The molecule has 2 saturated heterocycles. The van der Waals surface area contributed by atoms with E-state index in [9.17, 15) is 14.4 Å². The maximum absolute atomic E-state index is 12.1. The molecule has 0 aliphatic carbocycles. The van der Waals surface area contributed by atoms with Gasteiger partial charge in [-0.2, -0.15) is 0 Å². The molecule has 7 heteroatoms. The number of likely N-dealkylation sites (tertiary alicyclic amines) is 2. The largest absolute Gasteiger partial charge is 0.345 e. The molecule has 0 spiro atoms. The van der Waals surface area contributed by atoms with Gasteiger partial charge in [-0.3, -0.25) is 19.3 Å². The Bertz CT molecular complexity index is 636. The van der Waals surface area contributed by atoms with Crippen molar-refractivity contribution < 1.29 is 9.59 Å². The number of amides is 2. The molecule has 3 rings (SSSR count). The lowest BCUT2D eigenvalue weighted by Crippen LogP contribution is -2.65. The minimum Gasteiger partial charge on any atom is -0.345 e. The highest BCUT2D eigenvalue weighted by Crippen LogP contribution is 2.21. The molecular formula is C15H20N4O3. The number of rotatable bonds is 3. The van der Waals surface area contributed by atoms with Gasteiger partial charge in [-0.05, 0) is 18.9 Å². The lowest BCUT2D eigenvalue weighted by Gasteiger charge is -2.46. The number of carbonyl (C=O) groups is 2. The van der Waals surface area contributed by atoms with E-state index < -0.39 is 0 Å². The van der Waals surface area contributed by atoms with Gasteiger partial charge in [0, 0.05) is 32.7 Å². The first-order valence-corrected chi connectivity index (χ1v) is 7.54. The van der Waals surface area contributed by atoms with Gasteiger partial charge < -0.3 is 15.2 Å². The number of pyridine rings is 1. The summed E-state index contributed by atoms with van der Waals surface area (Å²) in [5.41, 5.74) is -0.0295. The summed E-state index contributed by atoms with van der Waals surface area (Å²) in [6.07, 6.45) is 1.90. The maximum Gasteiger partial charge on any atom is 0.268 e. The molecule has 2 N–H and O–H groups in total. The zero-order chi connectivity index (χ0) is 15.7. The van der Waals surface area contributed by atoms with Crippen LogP contribution in [0.3, 0.4) is 0 Å². The first kappa shape index (κ1) is 14.8. The second kappa shape index (κ2) is 5.92. The lowest BCUT2D eigenvalue weighted by atomic mass is 9.98. The smallest absolute Gasteiger partial charge is 0.268 e. The minimum atomic E-state index is -0.293. The predicted octanol–water partition coefficient (Wildman–Crippen LogP) is -0.590. The Labute approximate surface area is 128 Å². The third kappa shape index (κ3) is 2.89. The molecule has 1 aromatic rings. The zero-order valence-corrected chi connectivity index (χ0v) is 12.5. The molecule has 1 aromatic heterocycles. The van der Waals surface area contributed by atoms with Crippen LogP contribution < -0.4 is 10.9 Å². The van der Waals surface area contributed by atoms with Gasteiger partial charge in [-0.1, -0.05) is 6.07 Å². The summed E-state index contributed by atoms with van der Waals surface area (Å²) in [6, 6.07) is 4.47. The topological polar surface area (TPSA) is 85.5 Å². The van der Waals surface area contributed by atoms with E-state index in [0.717, 1.165) is 19.4 Å². The molecule has 2 aliphatic rings. The summed E-state index contributed by atoms with van der Waals surface area (Å²) < 4.78 is 0. The first-order chi connectivity index (χ1) is 10.5. The second-order valence-corrected chi connectivity index (χ2v) is 5.97. The van der Waals surface area contributed by atoms with E-state index in [1.807, 2.05) is 7.05 Å². The van der Waals surface area contributed by atoms with Crippen molar-refractivity contribution in [2.24, 2.45) is 0 Å². The fourth-order valence-corrected chi connectivity index (χ4v) is 3.05. The van der Waals surface area contributed by atoms with Gasteiger partial charge >= 0.3 is 0 Å². The predicted molar refractivity (Wildman–Crippen MR) is 80.5 cm³/mol. The van der Waals surface area contributed by atoms with Crippen molar-refractivity contribution in [2.45, 2.75) is 24.9 Å². The third-order valence-corrected chi connectivity index (χ3v) is 4.33. The van der Waals surface area contributed by atoms with Crippen molar-refractivity contribution in [3.8, 4) is 0 Å². The molecule has 2 fully saturated rings. The lowest BCUT2D eigenvalue weighted by molar-refractivity contribution is -0.141. The number of likely N-dealkylation sites (N-methyl/N-ethyl adjacent to an activating group) is 1. The van der Waals surface area contributed by atoms with Gasteiger partial charge in [0.2, 0.25) is 11.5 Å². The molecule has 3 heterocycles. The molecular weight excluding hydrogens is 284 g/mol. The molecule has 1 atom stereocenters. The first-order valence-electron chi connectivity index (χ1n) is 7.54. The molecule has 7 nitrogen and oxygen atoms in total. The second-order valence-electron chi connectivity index (χ2n) is 5.97. The standard InChI is InChI=1S/C15H20N4O3/c1-18-7-3-5-12(15(18)22)19-8-10(9-19)16-14(21)11-4-2-6-13(20)17-11/h2,4,6,10,12H,3,5,7-9H2,1H3,(H,16,21)(H,17,20). The molecule has 0 saturated carbocycles. The highest BCUT2D eigenvalue weighted by atomic mass is 16.2. The van der Waals surface area contributed by atoms with Gasteiger partial charge in [-0.15, -0.1) is 0 Å². The molecule has 2 amide bonds. The summed E-state index contributed by atoms with van der Waals surface area (Å²) in [4.78, 5) is 41.7. The Morgan fingerprint density at radius 1 is 1.32 bits per heavy atom. The highest BCUT2D eigenvalue weighted by Gasteiger charge is 2.39. The Morgan fingerprint density at radius 2 is 2.09 bits per heavy atom. The molecule has 1 unspecified atom stereocenters. The van der Waals surface area contributed by atoms with Crippen molar-refractivity contribution in [2.75, 3.05) is 26.7 Å². The minimum absolute atomic E-state index is 0.0243. The Balaban J connectivity index is 1.52. The van der Waals surface area contributed by atoms with E-state index in [-0.39, 0.29) is 35.2 Å². The van der Waals surface area contributed by atoms with Crippen LogP contribution in [0, 0.1) is 0 Å². The van der Waals surface area contributed by atoms with E-state index in [1.165, 1.54) is 6.07 Å². The summed E-state index contributed by atoms with van der Waals surface area (Å²) in [5, 5.41) is 2.88. The number of piperidine rings is 1. The quantitative estimate of drug-likeness (QED) is 0.781. The Morgan fingerprint density at radius 3 is 2.82 bits per heavy atom. The summed E-state index contributed by atoms with van der Waals surface area (Å²) >= 11 is 0. The Hall–Kier alpha value is -2.15. The highest BCUT2D eigenvalue weighted by molar-refractivity contribution is 5.92. The average molecular weight is 304 g/mol. The van der Waals surface area contributed by atoms with E-state index >= 15 is 0 Å². The number of hydrogen-bond acceptors (Lipinski definition) is 4. The number of hydrogen-bond donors (Lipinski definition) is 2. The SMILES string of the molecule is CN1CCCC(N2CC(NC(=O)c3cccc(=O)[nH]3)C2)C1=O. The van der Waals surface area contributed by atoms with Gasteiger partial charge in [0.15, 0.2) is 0 Å². The number of aromatic amines is 1. The van der Waals surface area contributed by atoms with Crippen LogP contribution in [-0.4, -0.2) is 65.4 Å². The fourth-order valence-electron chi connectivity index (χ4n) is 3.05. The normalized spacial score (nSPS) is 23.2. The van der Waals surface area contributed by atoms with Crippen molar-refractivity contribution in [1.29, 1.82) is 0 Å². The molecule has 118 valence electrons. The number of nitrogens with zero attached hydrogens (tertiary/aromatic N) is 2. The van der Waals surface area contributed by atoms with Gasteiger partial charge in [0.25, 0.3) is 5.91 Å². The van der Waals surface area contributed by atoms with Gasteiger partial charge in [-0.25, -0.2) is 0 Å². The van der Waals surface area contributed by atoms with Crippen LogP contribution in [0.25, 0.3) is 0 Å². The number of carbonyl (C=O) groups excluding carboxylic acids is 2. The van der Waals surface area contributed by atoms with Crippen LogP contribution in [0.1, 0.15) is 23.3 Å². The zero-order valence-electron chi connectivity index (χ0n) is 12.5. The van der Waals surface area contributed by atoms with Crippen LogP contribution in [0.5, 0.6) is 0 Å². The van der Waals surface area contributed by atoms with Crippen LogP contribution >= 0.6 is 0 Å². The summed E-state index contributed by atoms with van der Waals surface area (Å²) in [5.74, 6) is -0.113. The van der Waals surface area contributed by atoms with Crippen molar-refractivity contribution >= 4 is 11.8 Å². The van der Waals surface area contributed by atoms with E-state index in [1.54, 1.807) is 17.0 Å². The Kier molecular flexibility index (Phi) is 3.98. The number of nitrogens with one attached hydrogen (secondary N) is 2. The molecule has 0 radical (unpaired) electrons. The fraction of sp³-hybridized carbons (Fsp3) is 0.533. The maximum atomic E-state index is 12.1. The summed E-state index contributed by atoms with van der Waals surface area (Å²) in [6.45, 7) is 2.17. The van der Waals surface area contributed by atoms with Crippen LogP contribution in [0.4, 0.5) is 0 Å². The van der Waals surface area contributed by atoms with E-state index in [0.29, 0.717) is 13.1 Å². The van der Waals surface area contributed by atoms with Crippen molar-refractivity contribution in [3.63, 3.8) is 0 Å². The van der Waals surface area contributed by atoms with Crippen LogP contribution in [-0.2, 0) is 4.79 Å². The van der Waals surface area contributed by atoms with Crippen LogP contribution in [0.2, 0.25) is 0 Å². The van der Waals surface area contributed by atoms with Crippen molar-refractivity contribution in [1.82, 2.24) is 20.1 Å². The van der Waals surface area contributed by atoms with E-state index in [4.69, 9.17) is 0 Å². The average Bonchev–Trinajstić information content (AvgIpc) is 2.46. The van der Waals surface area contributed by atoms with Gasteiger partial charge in [0.1, 0.15) is 5.69 Å². The monoisotopic (exact) mass is 304 g/mol. The third-order valence-electron chi connectivity index (χ3n) is 4.33. The molecule has 2 aliphatic heterocycles. The van der Waals surface area contributed by atoms with Crippen LogP contribution in [0.15, 0.2) is 23.0 Å². The number of aromatic nitrogens is 1. The molecule has 0 aromatic carbocycles.